The molecule has 1 aliphatic heterocycles. The zero-order valence-electron chi connectivity index (χ0n) is 17.8. The van der Waals surface area contributed by atoms with Crippen molar-refractivity contribution in [1.29, 1.82) is 0 Å². The number of benzene rings is 2. The molecule has 1 saturated heterocycles. The van der Waals surface area contributed by atoms with Crippen molar-refractivity contribution < 1.29 is 24.2 Å². The number of carbonyl (C=O) groups is 2. The summed E-state index contributed by atoms with van der Waals surface area (Å²) in [5.41, 5.74) is 2.40. The Hall–Kier alpha value is -3.19. The Morgan fingerprint density at radius 1 is 1.06 bits per heavy atom. The average Bonchev–Trinajstić information content (AvgIpc) is 3.11. The van der Waals surface area contributed by atoms with Crippen LogP contribution in [0.4, 0.5) is 4.39 Å². The molecule has 168 valence electrons. The van der Waals surface area contributed by atoms with Crippen LogP contribution in [0, 0.1) is 11.7 Å². The van der Waals surface area contributed by atoms with Crippen LogP contribution in [0.2, 0.25) is 0 Å². The van der Waals surface area contributed by atoms with Gasteiger partial charge in [0.2, 0.25) is 0 Å². The maximum atomic E-state index is 13.9. The first kappa shape index (κ1) is 22.0. The van der Waals surface area contributed by atoms with Crippen LogP contribution >= 0.6 is 0 Å². The van der Waals surface area contributed by atoms with E-state index in [1.807, 2.05) is 23.1 Å². The minimum atomic E-state index is -0.958. The molecule has 0 saturated carbocycles. The highest BCUT2D eigenvalue weighted by Crippen LogP contribution is 2.34. The van der Waals surface area contributed by atoms with Crippen LogP contribution in [0.25, 0.3) is 10.9 Å². The fourth-order valence-corrected chi connectivity index (χ4v) is 4.76. The van der Waals surface area contributed by atoms with E-state index in [2.05, 4.69) is 12.1 Å². The highest BCUT2D eigenvalue weighted by molar-refractivity contribution is 5.90. The van der Waals surface area contributed by atoms with Gasteiger partial charge in [-0.25, -0.2) is 4.39 Å². The Balaban J connectivity index is 1.56. The number of halogens is 1. The van der Waals surface area contributed by atoms with E-state index < -0.39 is 23.8 Å². The molecule has 7 heteroatoms. The van der Waals surface area contributed by atoms with Gasteiger partial charge < -0.3 is 14.8 Å². The zero-order chi connectivity index (χ0) is 22.7. The lowest BCUT2D eigenvalue weighted by Gasteiger charge is -2.35. The summed E-state index contributed by atoms with van der Waals surface area (Å²) in [6, 6.07) is 13.7. The first-order chi connectivity index (χ1) is 15.4. The van der Waals surface area contributed by atoms with Gasteiger partial charge in [0.25, 0.3) is 0 Å². The Kier molecular flexibility index (Phi) is 6.55. The van der Waals surface area contributed by atoms with Crippen LogP contribution in [0.15, 0.2) is 54.7 Å². The molecule has 0 unspecified atom stereocenters. The minimum absolute atomic E-state index is 0.123. The van der Waals surface area contributed by atoms with Gasteiger partial charge >= 0.3 is 11.9 Å². The number of aromatic nitrogens is 1. The molecule has 1 aromatic heterocycles. The third kappa shape index (κ3) is 4.83. The molecule has 2 N–H and O–H groups in total. The number of likely N-dealkylation sites (tertiary alicyclic amines) is 1. The molecule has 1 fully saturated rings. The van der Waals surface area contributed by atoms with E-state index >= 15 is 0 Å². The molecular weight excluding hydrogens is 411 g/mol. The number of piperidine rings is 1. The van der Waals surface area contributed by atoms with Gasteiger partial charge in [-0.3, -0.25) is 14.5 Å². The summed E-state index contributed by atoms with van der Waals surface area (Å²) in [7, 11) is 0. The summed E-state index contributed by atoms with van der Waals surface area (Å²) in [5, 5.41) is 19.8. The number of carboxylic acids is 2. The highest BCUT2D eigenvalue weighted by Gasteiger charge is 2.33. The number of rotatable bonds is 8. The molecule has 0 radical (unpaired) electrons. The summed E-state index contributed by atoms with van der Waals surface area (Å²) in [5.74, 6) is -1.84. The molecule has 0 bridgehead atoms. The van der Waals surface area contributed by atoms with Gasteiger partial charge in [0.15, 0.2) is 0 Å². The first-order valence-electron chi connectivity index (χ1n) is 10.9. The fraction of sp³-hybridized carbons (Fsp3) is 0.360. The van der Waals surface area contributed by atoms with E-state index in [1.54, 1.807) is 16.8 Å². The summed E-state index contributed by atoms with van der Waals surface area (Å²) < 4.78 is 15.6. The Bertz CT molecular complexity index is 1100. The molecule has 6 nitrogen and oxygen atoms in total. The molecule has 32 heavy (non-hydrogen) atoms. The highest BCUT2D eigenvalue weighted by atomic mass is 19.1. The summed E-state index contributed by atoms with van der Waals surface area (Å²) in [4.78, 5) is 25.4. The predicted molar refractivity (Wildman–Crippen MR) is 119 cm³/mol. The maximum absolute atomic E-state index is 13.9. The molecule has 1 aliphatic rings. The van der Waals surface area contributed by atoms with E-state index in [0.717, 1.165) is 19.3 Å². The van der Waals surface area contributed by atoms with Crippen molar-refractivity contribution in [3.05, 3.63) is 71.7 Å². The van der Waals surface area contributed by atoms with Crippen molar-refractivity contribution in [2.75, 3.05) is 13.1 Å². The van der Waals surface area contributed by atoms with Gasteiger partial charge in [0.1, 0.15) is 11.9 Å². The SMILES string of the molecule is O=C(O)CCn1cc([C@@H](C(=O)O)N2CCC(Cc3ccccc3)CC2)c2ccc(F)cc21. The number of carboxylic acid groups (broad SMARTS) is 2. The molecule has 0 aliphatic carbocycles. The van der Waals surface area contributed by atoms with Crippen LogP contribution in [0.5, 0.6) is 0 Å². The predicted octanol–water partition coefficient (Wildman–Crippen LogP) is 4.34. The second-order valence-corrected chi connectivity index (χ2v) is 8.49. The van der Waals surface area contributed by atoms with Crippen LogP contribution in [0.3, 0.4) is 0 Å². The van der Waals surface area contributed by atoms with E-state index in [0.29, 0.717) is 35.5 Å². The third-order valence-electron chi connectivity index (χ3n) is 6.35. The zero-order valence-corrected chi connectivity index (χ0v) is 17.8. The molecule has 0 spiro atoms. The number of hydrogen-bond acceptors (Lipinski definition) is 3. The number of fused-ring (bicyclic) bond motifs is 1. The lowest BCUT2D eigenvalue weighted by Crippen LogP contribution is -2.40. The normalized spacial score (nSPS) is 16.3. The van der Waals surface area contributed by atoms with Crippen molar-refractivity contribution in [2.24, 2.45) is 5.92 Å². The van der Waals surface area contributed by atoms with Crippen molar-refractivity contribution >= 4 is 22.8 Å². The van der Waals surface area contributed by atoms with Gasteiger partial charge in [0, 0.05) is 23.7 Å². The van der Waals surface area contributed by atoms with Gasteiger partial charge in [-0.2, -0.15) is 0 Å². The van der Waals surface area contributed by atoms with Crippen LogP contribution in [-0.4, -0.2) is 44.7 Å². The molecule has 2 heterocycles. The Labute approximate surface area is 185 Å². The molecular formula is C25H27FN2O4. The average molecular weight is 438 g/mol. The monoisotopic (exact) mass is 438 g/mol. The molecule has 2 aromatic carbocycles. The van der Waals surface area contributed by atoms with Crippen molar-refractivity contribution in [1.82, 2.24) is 9.47 Å². The first-order valence-corrected chi connectivity index (χ1v) is 10.9. The Morgan fingerprint density at radius 3 is 2.44 bits per heavy atom. The molecule has 0 amide bonds. The second-order valence-electron chi connectivity index (χ2n) is 8.49. The summed E-state index contributed by atoms with van der Waals surface area (Å²) in [6.45, 7) is 1.48. The second kappa shape index (κ2) is 9.53. The molecule has 4 rings (SSSR count). The minimum Gasteiger partial charge on any atom is -0.481 e. The van der Waals surface area contributed by atoms with Gasteiger partial charge in [-0.05, 0) is 62.0 Å². The van der Waals surface area contributed by atoms with Crippen molar-refractivity contribution in [3.63, 3.8) is 0 Å². The molecule has 3 aromatic rings. The summed E-state index contributed by atoms with van der Waals surface area (Å²) >= 11 is 0. The molecule has 1 atom stereocenters. The van der Waals surface area contributed by atoms with Gasteiger partial charge in [-0.1, -0.05) is 30.3 Å². The largest absolute Gasteiger partial charge is 0.481 e. The maximum Gasteiger partial charge on any atom is 0.325 e. The van der Waals surface area contributed by atoms with E-state index in [-0.39, 0.29) is 13.0 Å². The van der Waals surface area contributed by atoms with Crippen LogP contribution < -0.4 is 0 Å². The van der Waals surface area contributed by atoms with Gasteiger partial charge in [-0.15, -0.1) is 0 Å². The Morgan fingerprint density at radius 2 is 1.78 bits per heavy atom. The number of aliphatic carboxylic acids is 2. The summed E-state index contributed by atoms with van der Waals surface area (Å²) in [6.07, 6.45) is 4.36. The lowest BCUT2D eigenvalue weighted by molar-refractivity contribution is -0.144. The quantitative estimate of drug-likeness (QED) is 0.547. The number of hydrogen-bond donors (Lipinski definition) is 2. The number of aryl methyl sites for hydroxylation is 1. The standard InChI is InChI=1S/C25H27FN2O4/c26-19-6-7-20-21(16-28(22(20)15-19)13-10-23(29)30)24(25(31)32)27-11-8-18(9-12-27)14-17-4-2-1-3-5-17/h1-7,15-16,18,24H,8-14H2,(H,29,30)(H,31,32)/t24-/m0/s1. The van der Waals surface area contributed by atoms with Crippen molar-refractivity contribution in [3.8, 4) is 0 Å². The van der Waals surface area contributed by atoms with E-state index in [1.165, 1.54) is 17.7 Å². The van der Waals surface area contributed by atoms with E-state index in [4.69, 9.17) is 5.11 Å². The topological polar surface area (TPSA) is 82.8 Å². The van der Waals surface area contributed by atoms with Gasteiger partial charge in [0.05, 0.1) is 11.9 Å². The van der Waals surface area contributed by atoms with Crippen LogP contribution in [-0.2, 0) is 22.6 Å². The smallest absolute Gasteiger partial charge is 0.325 e. The fourth-order valence-electron chi connectivity index (χ4n) is 4.76. The lowest BCUT2D eigenvalue weighted by atomic mass is 9.89. The van der Waals surface area contributed by atoms with Crippen LogP contribution in [0.1, 0.15) is 36.4 Å². The van der Waals surface area contributed by atoms with E-state index in [9.17, 15) is 19.1 Å². The van der Waals surface area contributed by atoms with Crippen molar-refractivity contribution in [2.45, 2.75) is 38.3 Å². The third-order valence-corrected chi connectivity index (χ3v) is 6.35. The number of nitrogens with zero attached hydrogens (tertiary/aromatic N) is 2.